The summed E-state index contributed by atoms with van der Waals surface area (Å²) in [7, 11) is 0. The molecular formula is C29H35N5O7. The number of carbonyl (C=O) groups excluding carboxylic acids is 3. The first-order chi connectivity index (χ1) is 19.5. The van der Waals surface area contributed by atoms with E-state index in [2.05, 4.69) is 15.6 Å². The van der Waals surface area contributed by atoms with Crippen LogP contribution in [0.4, 0.5) is 0 Å². The highest BCUT2D eigenvalue weighted by Gasteiger charge is 2.39. The molecule has 1 aliphatic rings. The number of carbonyl (C=O) groups is 4. The number of H-pyrrole nitrogens is 1. The molecule has 4 rings (SSSR count). The number of carboxylic acid groups (broad SMARTS) is 1. The molecule has 5 unspecified atom stereocenters. The number of fused-ring (bicyclic) bond motifs is 1. The summed E-state index contributed by atoms with van der Waals surface area (Å²) in [6, 6.07) is 8.88. The number of phenolic OH excluding ortho intramolecular Hbond substituents is 1. The number of hydrogen-bond donors (Lipinski definition) is 7. The van der Waals surface area contributed by atoms with E-state index in [0.29, 0.717) is 18.4 Å². The second-order valence-corrected chi connectivity index (χ2v) is 10.4. The van der Waals surface area contributed by atoms with Gasteiger partial charge in [0.05, 0.1) is 6.10 Å². The highest BCUT2D eigenvalue weighted by molar-refractivity contribution is 5.95. The lowest BCUT2D eigenvalue weighted by Crippen LogP contribution is -2.58. The summed E-state index contributed by atoms with van der Waals surface area (Å²) in [4.78, 5) is 56.4. The van der Waals surface area contributed by atoms with Crippen LogP contribution in [0.5, 0.6) is 5.75 Å². The minimum atomic E-state index is -1.30. The molecule has 0 aliphatic carbocycles. The van der Waals surface area contributed by atoms with E-state index >= 15 is 0 Å². The van der Waals surface area contributed by atoms with Crippen molar-refractivity contribution in [2.45, 2.75) is 62.9 Å². The Morgan fingerprint density at radius 2 is 1.76 bits per heavy atom. The zero-order valence-electron chi connectivity index (χ0n) is 22.6. The fourth-order valence-corrected chi connectivity index (χ4v) is 5.04. The predicted molar refractivity (Wildman–Crippen MR) is 150 cm³/mol. The van der Waals surface area contributed by atoms with Crippen molar-refractivity contribution in [2.75, 3.05) is 6.54 Å². The molecule has 12 nitrogen and oxygen atoms in total. The number of para-hydroxylation sites is 1. The van der Waals surface area contributed by atoms with Gasteiger partial charge in [0.2, 0.25) is 17.7 Å². The summed E-state index contributed by atoms with van der Waals surface area (Å²) >= 11 is 0. The van der Waals surface area contributed by atoms with Gasteiger partial charge in [-0.3, -0.25) is 14.4 Å². The average molecular weight is 566 g/mol. The molecule has 1 saturated heterocycles. The van der Waals surface area contributed by atoms with Gasteiger partial charge < -0.3 is 41.6 Å². The van der Waals surface area contributed by atoms with Gasteiger partial charge in [-0.15, -0.1) is 0 Å². The van der Waals surface area contributed by atoms with Crippen LogP contribution >= 0.6 is 0 Å². The maximum atomic E-state index is 13.6. The van der Waals surface area contributed by atoms with E-state index < -0.39 is 54.0 Å². The first-order valence-electron chi connectivity index (χ1n) is 13.5. The number of rotatable bonds is 11. The van der Waals surface area contributed by atoms with Crippen LogP contribution in [0.3, 0.4) is 0 Å². The molecule has 0 spiro atoms. The van der Waals surface area contributed by atoms with Crippen molar-refractivity contribution in [1.82, 2.24) is 20.5 Å². The Hall–Kier alpha value is -4.42. The van der Waals surface area contributed by atoms with Crippen molar-refractivity contribution >= 4 is 34.6 Å². The van der Waals surface area contributed by atoms with E-state index in [-0.39, 0.29) is 25.1 Å². The van der Waals surface area contributed by atoms with E-state index in [1.165, 1.54) is 24.0 Å². The third kappa shape index (κ3) is 7.02. The fourth-order valence-electron chi connectivity index (χ4n) is 5.04. The summed E-state index contributed by atoms with van der Waals surface area (Å²) in [6.45, 7) is 1.68. The molecule has 1 aromatic heterocycles. The van der Waals surface area contributed by atoms with Gasteiger partial charge in [-0.2, -0.15) is 0 Å². The van der Waals surface area contributed by atoms with Crippen molar-refractivity contribution in [3.05, 3.63) is 65.9 Å². The van der Waals surface area contributed by atoms with Crippen molar-refractivity contribution < 1.29 is 34.5 Å². The number of carboxylic acids is 1. The number of phenols is 1. The SMILES string of the molecule is CC(O)C(N)C(=O)N1CCCC1C(=O)NC(Cc1c[nH]c2ccccc12)C(=O)NC(Cc1ccc(O)cc1)C(=O)O. The third-order valence-corrected chi connectivity index (χ3v) is 7.37. The van der Waals surface area contributed by atoms with Gasteiger partial charge in [-0.05, 0) is 49.1 Å². The zero-order valence-corrected chi connectivity index (χ0v) is 22.6. The van der Waals surface area contributed by atoms with Gasteiger partial charge in [-0.1, -0.05) is 30.3 Å². The van der Waals surface area contributed by atoms with Crippen LogP contribution in [0.1, 0.15) is 30.9 Å². The molecule has 2 heterocycles. The number of amides is 3. The molecule has 3 amide bonds. The molecule has 2 aromatic carbocycles. The zero-order chi connectivity index (χ0) is 29.7. The minimum Gasteiger partial charge on any atom is -0.508 e. The molecular weight excluding hydrogens is 530 g/mol. The van der Waals surface area contributed by atoms with Gasteiger partial charge in [0, 0.05) is 36.5 Å². The Kier molecular flexibility index (Phi) is 9.25. The Morgan fingerprint density at radius 3 is 2.44 bits per heavy atom. The quantitative estimate of drug-likeness (QED) is 0.173. The Bertz CT molecular complexity index is 1400. The lowest BCUT2D eigenvalue weighted by molar-refractivity contribution is -0.143. The molecule has 3 aromatic rings. The predicted octanol–water partition coefficient (Wildman–Crippen LogP) is 0.412. The van der Waals surface area contributed by atoms with Gasteiger partial charge in [-0.25, -0.2) is 4.79 Å². The van der Waals surface area contributed by atoms with Crippen LogP contribution in [0, 0.1) is 0 Å². The van der Waals surface area contributed by atoms with Crippen LogP contribution in [0.15, 0.2) is 54.7 Å². The van der Waals surface area contributed by atoms with E-state index in [0.717, 1.165) is 16.5 Å². The van der Waals surface area contributed by atoms with Crippen LogP contribution in [0.2, 0.25) is 0 Å². The first-order valence-corrected chi connectivity index (χ1v) is 13.5. The number of hydrogen-bond acceptors (Lipinski definition) is 7. The monoisotopic (exact) mass is 565 g/mol. The number of aliphatic hydroxyl groups is 1. The molecule has 5 atom stereocenters. The topological polar surface area (TPSA) is 198 Å². The standard InChI is InChI=1S/C29H35N5O7/c1-16(35)25(30)28(39)34-12-4-7-24(34)27(38)32-22(14-18-15-31-21-6-3-2-5-20(18)21)26(37)33-23(29(40)41)13-17-8-10-19(36)11-9-17/h2-3,5-6,8-11,15-16,22-25,31,35-36H,4,7,12-14,30H2,1H3,(H,32,38)(H,33,37)(H,40,41). The summed E-state index contributed by atoms with van der Waals surface area (Å²) in [5.74, 6) is -3.07. The summed E-state index contributed by atoms with van der Waals surface area (Å²) in [5.41, 5.74) is 8.00. The van der Waals surface area contributed by atoms with Crippen molar-refractivity contribution in [2.24, 2.45) is 5.73 Å². The van der Waals surface area contributed by atoms with Crippen LogP contribution in [0.25, 0.3) is 10.9 Å². The maximum Gasteiger partial charge on any atom is 0.326 e. The van der Waals surface area contributed by atoms with Gasteiger partial charge in [0.15, 0.2) is 0 Å². The van der Waals surface area contributed by atoms with Crippen LogP contribution in [-0.4, -0.2) is 85.7 Å². The Labute approximate surface area is 236 Å². The largest absolute Gasteiger partial charge is 0.508 e. The lowest BCUT2D eigenvalue weighted by atomic mass is 10.0. The normalized spacial score (nSPS) is 17.9. The molecule has 0 saturated carbocycles. The fraction of sp³-hybridized carbons (Fsp3) is 0.379. The summed E-state index contributed by atoms with van der Waals surface area (Å²) in [5, 5.41) is 35.3. The number of nitrogens with zero attached hydrogens (tertiary/aromatic N) is 1. The molecule has 41 heavy (non-hydrogen) atoms. The van der Waals surface area contributed by atoms with E-state index in [1.807, 2.05) is 24.3 Å². The Balaban J connectivity index is 1.56. The molecule has 218 valence electrons. The smallest absolute Gasteiger partial charge is 0.326 e. The third-order valence-electron chi connectivity index (χ3n) is 7.37. The second kappa shape index (κ2) is 12.8. The Morgan fingerprint density at radius 1 is 1.05 bits per heavy atom. The van der Waals surface area contributed by atoms with Crippen molar-refractivity contribution in [3.8, 4) is 5.75 Å². The number of aliphatic hydroxyl groups excluding tert-OH is 1. The molecule has 0 radical (unpaired) electrons. The van der Waals surface area contributed by atoms with E-state index in [4.69, 9.17) is 5.73 Å². The van der Waals surface area contributed by atoms with Gasteiger partial charge >= 0.3 is 5.97 Å². The van der Waals surface area contributed by atoms with E-state index in [1.54, 1.807) is 18.3 Å². The minimum absolute atomic E-state index is 0.0278. The summed E-state index contributed by atoms with van der Waals surface area (Å²) < 4.78 is 0. The average Bonchev–Trinajstić information content (AvgIpc) is 3.60. The first kappa shape index (κ1) is 29.6. The van der Waals surface area contributed by atoms with Crippen LogP contribution < -0.4 is 16.4 Å². The van der Waals surface area contributed by atoms with Gasteiger partial charge in [0.25, 0.3) is 0 Å². The van der Waals surface area contributed by atoms with Gasteiger partial charge in [0.1, 0.15) is 29.9 Å². The second-order valence-electron chi connectivity index (χ2n) is 10.4. The number of likely N-dealkylation sites (tertiary alicyclic amines) is 1. The molecule has 0 bridgehead atoms. The number of nitrogens with two attached hydrogens (primary N) is 1. The maximum absolute atomic E-state index is 13.6. The highest BCUT2D eigenvalue weighted by atomic mass is 16.4. The van der Waals surface area contributed by atoms with E-state index in [9.17, 15) is 34.5 Å². The lowest BCUT2D eigenvalue weighted by Gasteiger charge is -2.29. The molecule has 12 heteroatoms. The van der Waals surface area contributed by atoms with Crippen LogP contribution in [-0.2, 0) is 32.0 Å². The molecule has 1 fully saturated rings. The highest BCUT2D eigenvalue weighted by Crippen LogP contribution is 2.22. The summed E-state index contributed by atoms with van der Waals surface area (Å²) in [6.07, 6.45) is 1.54. The number of nitrogens with one attached hydrogen (secondary N) is 3. The van der Waals surface area contributed by atoms with Crippen molar-refractivity contribution in [3.63, 3.8) is 0 Å². The number of aromatic hydroxyl groups is 1. The number of aromatic nitrogens is 1. The number of aromatic amines is 1. The number of benzene rings is 2. The number of aliphatic carboxylic acids is 1. The molecule has 1 aliphatic heterocycles. The molecule has 8 N–H and O–H groups in total. The van der Waals surface area contributed by atoms with Crippen molar-refractivity contribution in [1.29, 1.82) is 0 Å².